The van der Waals surface area contributed by atoms with Crippen molar-refractivity contribution in [1.29, 1.82) is 0 Å². The minimum atomic E-state index is -4.62. The second-order valence-electron chi connectivity index (χ2n) is 9.13. The zero-order valence-corrected chi connectivity index (χ0v) is 20.6. The summed E-state index contributed by atoms with van der Waals surface area (Å²) in [7, 11) is 1.98. The van der Waals surface area contributed by atoms with Crippen molar-refractivity contribution in [2.24, 2.45) is 0 Å². The van der Waals surface area contributed by atoms with E-state index in [1.807, 2.05) is 7.05 Å². The van der Waals surface area contributed by atoms with Crippen molar-refractivity contribution in [1.82, 2.24) is 10.1 Å². The lowest BCUT2D eigenvalue weighted by Gasteiger charge is -2.29. The summed E-state index contributed by atoms with van der Waals surface area (Å²) in [5, 5.41) is 8.86. The number of aromatic nitrogens is 1. The summed E-state index contributed by atoms with van der Waals surface area (Å²) >= 11 is 0. The van der Waals surface area contributed by atoms with Gasteiger partial charge in [-0.25, -0.2) is 0 Å². The van der Waals surface area contributed by atoms with Gasteiger partial charge in [-0.1, -0.05) is 11.2 Å². The smallest absolute Gasteiger partial charge is 0.416 e. The molecule has 4 rings (SSSR count). The fraction of sp³-hybridized carbons (Fsp3) is 0.346. The third-order valence-electron chi connectivity index (χ3n) is 6.07. The molecule has 0 radical (unpaired) electrons. The molecular formula is C26H27F3N4O4. The number of rotatable bonds is 6. The number of carbonyl (C=O) groups is 2. The van der Waals surface area contributed by atoms with Crippen molar-refractivity contribution in [3.8, 4) is 5.75 Å². The third kappa shape index (κ3) is 6.67. The van der Waals surface area contributed by atoms with Gasteiger partial charge in [0.05, 0.1) is 5.56 Å². The van der Waals surface area contributed by atoms with E-state index in [1.165, 1.54) is 24.3 Å². The molecule has 0 atom stereocenters. The van der Waals surface area contributed by atoms with E-state index in [1.54, 1.807) is 19.9 Å². The van der Waals surface area contributed by atoms with Gasteiger partial charge in [0.25, 0.3) is 11.8 Å². The predicted molar refractivity (Wildman–Crippen MR) is 131 cm³/mol. The van der Waals surface area contributed by atoms with Gasteiger partial charge < -0.3 is 24.8 Å². The molecule has 1 fully saturated rings. The molecule has 196 valence electrons. The van der Waals surface area contributed by atoms with Crippen molar-refractivity contribution in [2.45, 2.75) is 39.0 Å². The number of carbonyl (C=O) groups excluding carboxylic acids is 2. The van der Waals surface area contributed by atoms with E-state index in [9.17, 15) is 22.8 Å². The summed E-state index contributed by atoms with van der Waals surface area (Å²) in [5.41, 5.74) is 0.284. The maximum Gasteiger partial charge on any atom is 0.416 e. The first-order valence-corrected chi connectivity index (χ1v) is 11.7. The van der Waals surface area contributed by atoms with E-state index in [4.69, 9.17) is 9.26 Å². The van der Waals surface area contributed by atoms with Gasteiger partial charge in [-0.3, -0.25) is 9.59 Å². The molecule has 2 N–H and O–H groups in total. The number of amides is 2. The van der Waals surface area contributed by atoms with Crippen LogP contribution >= 0.6 is 0 Å². The minimum absolute atomic E-state index is 0.0412. The number of hydrogen-bond acceptors (Lipinski definition) is 6. The van der Waals surface area contributed by atoms with Crippen LogP contribution in [0.15, 0.2) is 47.0 Å². The van der Waals surface area contributed by atoms with Gasteiger partial charge in [-0.05, 0) is 63.6 Å². The van der Waals surface area contributed by atoms with Crippen LogP contribution in [-0.4, -0.2) is 48.1 Å². The summed E-state index contributed by atoms with van der Waals surface area (Å²) in [5.74, 6) is -0.655. The summed E-state index contributed by atoms with van der Waals surface area (Å²) in [6.45, 7) is 4.97. The number of halogens is 3. The van der Waals surface area contributed by atoms with Gasteiger partial charge in [0.15, 0.2) is 5.69 Å². The number of anilines is 2. The van der Waals surface area contributed by atoms with Crippen molar-refractivity contribution in [2.75, 3.05) is 30.8 Å². The Kier molecular flexibility index (Phi) is 7.53. The normalized spacial score (nSPS) is 14.9. The van der Waals surface area contributed by atoms with E-state index in [2.05, 4.69) is 20.7 Å². The van der Waals surface area contributed by atoms with Crippen molar-refractivity contribution in [3.63, 3.8) is 0 Å². The average Bonchev–Trinajstić information content (AvgIpc) is 3.27. The number of benzene rings is 2. The number of ether oxygens (including phenoxy) is 1. The molecule has 1 saturated heterocycles. The lowest BCUT2D eigenvalue weighted by Crippen LogP contribution is -2.35. The minimum Gasteiger partial charge on any atom is -0.490 e. The number of likely N-dealkylation sites (tertiary alicyclic amines) is 1. The van der Waals surface area contributed by atoms with E-state index in [0.29, 0.717) is 29.9 Å². The van der Waals surface area contributed by atoms with Crippen LogP contribution in [0.2, 0.25) is 0 Å². The molecule has 0 aliphatic carbocycles. The summed E-state index contributed by atoms with van der Waals surface area (Å²) < 4.78 is 51.5. The number of nitrogens with zero attached hydrogens (tertiary/aromatic N) is 2. The average molecular weight is 517 g/mol. The molecule has 2 amide bonds. The number of hydrogen-bond donors (Lipinski definition) is 2. The molecule has 0 saturated carbocycles. The highest BCUT2D eigenvalue weighted by atomic mass is 19.4. The lowest BCUT2D eigenvalue weighted by molar-refractivity contribution is -0.137. The molecular weight excluding hydrogens is 489 g/mol. The van der Waals surface area contributed by atoms with Gasteiger partial charge in [0.1, 0.15) is 17.6 Å². The Balaban J connectivity index is 1.53. The van der Waals surface area contributed by atoms with Gasteiger partial charge in [0.2, 0.25) is 0 Å². The molecule has 8 nitrogen and oxygen atoms in total. The number of piperidine rings is 1. The molecule has 1 aliphatic rings. The topological polar surface area (TPSA) is 96.7 Å². The van der Waals surface area contributed by atoms with E-state index in [-0.39, 0.29) is 28.8 Å². The lowest BCUT2D eigenvalue weighted by atomic mass is 10.1. The molecule has 11 heteroatoms. The number of nitrogens with one attached hydrogen (secondary N) is 2. The Labute approximate surface area is 211 Å². The van der Waals surface area contributed by atoms with Crippen LogP contribution in [0, 0.1) is 13.8 Å². The zero-order valence-electron chi connectivity index (χ0n) is 20.6. The van der Waals surface area contributed by atoms with Gasteiger partial charge >= 0.3 is 6.18 Å². The maximum absolute atomic E-state index is 13.6. The largest absolute Gasteiger partial charge is 0.490 e. The Hall–Kier alpha value is -3.86. The molecule has 2 heterocycles. The quantitative estimate of drug-likeness (QED) is 0.462. The first kappa shape index (κ1) is 26.2. The highest BCUT2D eigenvalue weighted by Crippen LogP contribution is 2.35. The van der Waals surface area contributed by atoms with Crippen LogP contribution in [0.3, 0.4) is 0 Å². The highest BCUT2D eigenvalue weighted by molar-refractivity contribution is 6.07. The molecule has 3 aromatic rings. The third-order valence-corrected chi connectivity index (χ3v) is 6.07. The van der Waals surface area contributed by atoms with E-state index in [0.717, 1.165) is 25.2 Å². The second kappa shape index (κ2) is 10.6. The summed E-state index contributed by atoms with van der Waals surface area (Å²) in [6, 6.07) is 9.25. The van der Waals surface area contributed by atoms with Crippen LogP contribution in [0.5, 0.6) is 5.75 Å². The van der Waals surface area contributed by atoms with Crippen LogP contribution < -0.4 is 15.4 Å². The Morgan fingerprint density at radius 3 is 2.41 bits per heavy atom. The van der Waals surface area contributed by atoms with Gasteiger partial charge in [-0.15, -0.1) is 0 Å². The van der Waals surface area contributed by atoms with E-state index < -0.39 is 23.6 Å². The standard InChI is InChI=1S/C26H27F3N4O4/c1-15-4-5-17(11-22(15)31-25(35)23-10-16(2)37-32-23)24(34)30-19-12-18(26(27,28)29)13-21(14-19)36-20-6-8-33(3)9-7-20/h4-5,10-14,20H,6-9H2,1-3H3,(H,30,34)(H,31,35). The fourth-order valence-electron chi connectivity index (χ4n) is 3.96. The fourth-order valence-corrected chi connectivity index (χ4v) is 3.96. The van der Waals surface area contributed by atoms with Crippen molar-refractivity contribution in [3.05, 3.63) is 70.6 Å². The SMILES string of the molecule is Cc1cc(C(=O)Nc2cc(C(=O)Nc3cc(OC4CCN(C)CC4)cc(C(F)(F)F)c3)ccc2C)no1. The second-order valence-corrected chi connectivity index (χ2v) is 9.13. The molecule has 0 unspecified atom stereocenters. The van der Waals surface area contributed by atoms with Crippen LogP contribution in [0.1, 0.15) is 50.6 Å². The highest BCUT2D eigenvalue weighted by Gasteiger charge is 2.32. The van der Waals surface area contributed by atoms with Crippen LogP contribution in [0.25, 0.3) is 0 Å². The number of alkyl halides is 3. The Bertz CT molecular complexity index is 1300. The molecule has 0 spiro atoms. The van der Waals surface area contributed by atoms with Crippen molar-refractivity contribution < 1.29 is 32.0 Å². The van der Waals surface area contributed by atoms with Crippen molar-refractivity contribution >= 4 is 23.2 Å². The first-order chi connectivity index (χ1) is 17.5. The molecule has 1 aliphatic heterocycles. The molecule has 37 heavy (non-hydrogen) atoms. The molecule has 1 aromatic heterocycles. The molecule has 0 bridgehead atoms. The predicted octanol–water partition coefficient (Wildman–Crippen LogP) is 5.29. The van der Waals surface area contributed by atoms with Gasteiger partial charge in [0, 0.05) is 42.2 Å². The zero-order chi connectivity index (χ0) is 26.7. The van der Waals surface area contributed by atoms with Crippen LogP contribution in [-0.2, 0) is 6.18 Å². The summed E-state index contributed by atoms with van der Waals surface area (Å²) in [6.07, 6.45) is -3.44. The summed E-state index contributed by atoms with van der Waals surface area (Å²) in [4.78, 5) is 27.5. The van der Waals surface area contributed by atoms with Crippen LogP contribution in [0.4, 0.5) is 24.5 Å². The first-order valence-electron chi connectivity index (χ1n) is 11.7. The monoisotopic (exact) mass is 516 g/mol. The Morgan fingerprint density at radius 1 is 1.03 bits per heavy atom. The van der Waals surface area contributed by atoms with E-state index >= 15 is 0 Å². The maximum atomic E-state index is 13.6. The number of aryl methyl sites for hydroxylation is 2. The van der Waals surface area contributed by atoms with Gasteiger partial charge in [-0.2, -0.15) is 13.2 Å². The Morgan fingerprint density at radius 2 is 1.76 bits per heavy atom. The molecule has 2 aromatic carbocycles.